The molecule has 5 heteroatoms. The number of H-pyrrole nitrogens is 1. The van der Waals surface area contributed by atoms with Gasteiger partial charge >= 0.3 is 0 Å². The Morgan fingerprint density at radius 3 is 2.54 bits per heavy atom. The summed E-state index contributed by atoms with van der Waals surface area (Å²) < 4.78 is 13.1. The number of nitrogens with zero attached hydrogens (tertiary/aromatic N) is 2. The Morgan fingerprint density at radius 1 is 1.04 bits per heavy atom. The molecule has 1 fully saturated rings. The highest BCUT2D eigenvalue weighted by Gasteiger charge is 2.20. The Bertz CT molecular complexity index is 879. The van der Waals surface area contributed by atoms with Gasteiger partial charge in [0.2, 0.25) is 0 Å². The van der Waals surface area contributed by atoms with Crippen LogP contribution in [0, 0.1) is 5.82 Å². The lowest BCUT2D eigenvalue weighted by Crippen LogP contribution is -2.35. The molecule has 0 saturated carbocycles. The quantitative estimate of drug-likeness (QED) is 0.775. The van der Waals surface area contributed by atoms with Crippen LogP contribution in [0.4, 0.5) is 4.39 Å². The minimum atomic E-state index is -0.268. The van der Waals surface area contributed by atoms with E-state index >= 15 is 0 Å². The van der Waals surface area contributed by atoms with Crippen molar-refractivity contribution < 1.29 is 9.18 Å². The number of likely N-dealkylation sites (tertiary alicyclic amines) is 1. The maximum absolute atomic E-state index is 13.1. The van der Waals surface area contributed by atoms with Crippen LogP contribution in [0.3, 0.4) is 0 Å². The third kappa shape index (κ3) is 2.77. The van der Waals surface area contributed by atoms with Gasteiger partial charge in [0.05, 0.1) is 16.7 Å². The highest BCUT2D eigenvalue weighted by Crippen LogP contribution is 2.23. The highest BCUT2D eigenvalue weighted by atomic mass is 19.1. The first kappa shape index (κ1) is 14.9. The Labute approximate surface area is 139 Å². The van der Waals surface area contributed by atoms with E-state index in [1.54, 1.807) is 18.2 Å². The van der Waals surface area contributed by atoms with Crippen molar-refractivity contribution in [2.24, 2.45) is 0 Å². The summed E-state index contributed by atoms with van der Waals surface area (Å²) in [7, 11) is 0. The number of benzene rings is 1. The molecule has 122 valence electrons. The topological polar surface area (TPSA) is 49.0 Å². The van der Waals surface area contributed by atoms with Crippen LogP contribution in [0.5, 0.6) is 0 Å². The van der Waals surface area contributed by atoms with Gasteiger partial charge in [0, 0.05) is 18.7 Å². The summed E-state index contributed by atoms with van der Waals surface area (Å²) in [4.78, 5) is 22.3. The third-order valence-electron chi connectivity index (χ3n) is 4.49. The zero-order valence-corrected chi connectivity index (χ0v) is 13.3. The number of aromatic nitrogens is 2. The number of nitrogens with one attached hydrogen (secondary N) is 1. The molecule has 1 aliphatic rings. The molecular weight excluding hydrogens is 305 g/mol. The van der Waals surface area contributed by atoms with Crippen molar-refractivity contribution in [3.8, 4) is 11.3 Å². The van der Waals surface area contributed by atoms with Crippen molar-refractivity contribution in [3.05, 3.63) is 54.0 Å². The number of rotatable bonds is 2. The second-order valence-corrected chi connectivity index (χ2v) is 6.17. The predicted octanol–water partition coefficient (Wildman–Crippen LogP) is 4.00. The number of carbonyl (C=O) groups excluding carboxylic acids is 1. The highest BCUT2D eigenvalue weighted by molar-refractivity contribution is 5.97. The number of fused-ring (bicyclic) bond motifs is 1. The average molecular weight is 323 g/mol. The van der Waals surface area contributed by atoms with Crippen LogP contribution in [0.1, 0.15) is 29.8 Å². The summed E-state index contributed by atoms with van der Waals surface area (Å²) in [6.45, 7) is 1.64. The minimum absolute atomic E-state index is 0.0380. The molecule has 0 spiro atoms. The molecule has 1 N–H and O–H groups in total. The van der Waals surface area contributed by atoms with Crippen LogP contribution >= 0.6 is 0 Å². The summed E-state index contributed by atoms with van der Waals surface area (Å²) in [6.07, 6.45) is 3.33. The van der Waals surface area contributed by atoms with Crippen LogP contribution in [0.25, 0.3) is 22.3 Å². The molecular formula is C19H18FN3O. The molecule has 3 heterocycles. The molecule has 3 aromatic rings. The van der Waals surface area contributed by atoms with Crippen molar-refractivity contribution in [3.63, 3.8) is 0 Å². The van der Waals surface area contributed by atoms with Gasteiger partial charge < -0.3 is 9.88 Å². The number of aromatic amines is 1. The van der Waals surface area contributed by atoms with Crippen LogP contribution in [0.15, 0.2) is 42.5 Å². The van der Waals surface area contributed by atoms with Gasteiger partial charge in [-0.1, -0.05) is 0 Å². The van der Waals surface area contributed by atoms with Gasteiger partial charge in [0.15, 0.2) is 0 Å². The molecule has 0 atom stereocenters. The first-order valence-electron chi connectivity index (χ1n) is 8.26. The average Bonchev–Trinajstić information content (AvgIpc) is 3.05. The van der Waals surface area contributed by atoms with E-state index in [1.165, 1.54) is 18.6 Å². The van der Waals surface area contributed by atoms with E-state index in [2.05, 4.69) is 9.97 Å². The summed E-state index contributed by atoms with van der Waals surface area (Å²) >= 11 is 0. The normalized spacial score (nSPS) is 15.0. The number of hydrogen-bond acceptors (Lipinski definition) is 2. The second-order valence-electron chi connectivity index (χ2n) is 6.17. The standard InChI is InChI=1S/C19H18FN3O/c20-14-6-4-13(5-7-14)15-8-9-16-17(21-15)12-18(22-16)19(24)23-10-2-1-3-11-23/h4-9,12,22H,1-3,10-11H2. The molecule has 2 aromatic heterocycles. The Kier molecular flexibility index (Phi) is 3.76. The van der Waals surface area contributed by atoms with E-state index in [0.29, 0.717) is 5.69 Å². The lowest BCUT2D eigenvalue weighted by molar-refractivity contribution is 0.0719. The van der Waals surface area contributed by atoms with Crippen molar-refractivity contribution in [1.29, 1.82) is 0 Å². The second kappa shape index (κ2) is 6.07. The Balaban J connectivity index is 1.65. The van der Waals surface area contributed by atoms with Crippen molar-refractivity contribution in [1.82, 2.24) is 14.9 Å². The van der Waals surface area contributed by atoms with Crippen LogP contribution in [0.2, 0.25) is 0 Å². The fourth-order valence-electron chi connectivity index (χ4n) is 3.17. The summed E-state index contributed by atoms with van der Waals surface area (Å²) in [5.74, 6) is -0.230. The van der Waals surface area contributed by atoms with Crippen LogP contribution in [-0.2, 0) is 0 Å². The van der Waals surface area contributed by atoms with Crippen LogP contribution in [-0.4, -0.2) is 33.9 Å². The van der Waals surface area contributed by atoms with Gasteiger partial charge in [0.1, 0.15) is 11.5 Å². The Morgan fingerprint density at radius 2 is 1.79 bits per heavy atom. The van der Waals surface area contributed by atoms with Gasteiger partial charge in [-0.2, -0.15) is 0 Å². The van der Waals surface area contributed by atoms with Gasteiger partial charge in [0.25, 0.3) is 5.91 Å². The molecule has 0 bridgehead atoms. The van der Waals surface area contributed by atoms with Gasteiger partial charge in [-0.15, -0.1) is 0 Å². The van der Waals surface area contributed by atoms with Crippen molar-refractivity contribution in [2.45, 2.75) is 19.3 Å². The number of carbonyl (C=O) groups is 1. The first-order valence-corrected chi connectivity index (χ1v) is 8.26. The van der Waals surface area contributed by atoms with E-state index in [9.17, 15) is 9.18 Å². The molecule has 1 amide bonds. The van der Waals surface area contributed by atoms with Crippen LogP contribution < -0.4 is 0 Å². The minimum Gasteiger partial charge on any atom is -0.349 e. The number of halogens is 1. The number of amides is 1. The molecule has 1 aromatic carbocycles. The maximum Gasteiger partial charge on any atom is 0.270 e. The fraction of sp³-hybridized carbons (Fsp3) is 0.263. The molecule has 0 radical (unpaired) electrons. The molecule has 1 aliphatic heterocycles. The Hall–Kier alpha value is -2.69. The maximum atomic E-state index is 13.1. The molecule has 0 unspecified atom stereocenters. The van der Waals surface area contributed by atoms with Gasteiger partial charge in [-0.05, 0) is 61.7 Å². The van der Waals surface area contributed by atoms with Crippen molar-refractivity contribution in [2.75, 3.05) is 13.1 Å². The van der Waals surface area contributed by atoms with E-state index in [0.717, 1.165) is 48.2 Å². The zero-order valence-electron chi connectivity index (χ0n) is 13.3. The first-order chi connectivity index (χ1) is 11.7. The zero-order chi connectivity index (χ0) is 16.5. The van der Waals surface area contributed by atoms with Gasteiger partial charge in [-0.3, -0.25) is 4.79 Å². The summed E-state index contributed by atoms with van der Waals surface area (Å²) in [6, 6.07) is 11.8. The van der Waals surface area contributed by atoms with Crippen molar-refractivity contribution >= 4 is 16.9 Å². The van der Waals surface area contributed by atoms with E-state index < -0.39 is 0 Å². The fourth-order valence-corrected chi connectivity index (χ4v) is 3.17. The van der Waals surface area contributed by atoms with E-state index in [1.807, 2.05) is 17.0 Å². The lowest BCUT2D eigenvalue weighted by Gasteiger charge is -2.26. The third-order valence-corrected chi connectivity index (χ3v) is 4.49. The lowest BCUT2D eigenvalue weighted by atomic mass is 10.1. The summed E-state index contributed by atoms with van der Waals surface area (Å²) in [5.41, 5.74) is 3.77. The van der Waals surface area contributed by atoms with E-state index in [-0.39, 0.29) is 11.7 Å². The molecule has 1 saturated heterocycles. The number of piperidine rings is 1. The SMILES string of the molecule is O=C(c1cc2nc(-c3ccc(F)cc3)ccc2[nH]1)N1CCCCC1. The smallest absolute Gasteiger partial charge is 0.270 e. The number of hydrogen-bond donors (Lipinski definition) is 1. The molecule has 0 aliphatic carbocycles. The monoisotopic (exact) mass is 323 g/mol. The van der Waals surface area contributed by atoms with Gasteiger partial charge in [-0.25, -0.2) is 9.37 Å². The molecule has 4 nitrogen and oxygen atoms in total. The molecule has 24 heavy (non-hydrogen) atoms. The molecule has 4 rings (SSSR count). The largest absolute Gasteiger partial charge is 0.349 e. The summed E-state index contributed by atoms with van der Waals surface area (Å²) in [5, 5.41) is 0. The predicted molar refractivity (Wildman–Crippen MR) is 91.2 cm³/mol. The van der Waals surface area contributed by atoms with E-state index in [4.69, 9.17) is 0 Å². The number of pyridine rings is 1.